The zero-order valence-electron chi connectivity index (χ0n) is 13.3. The third kappa shape index (κ3) is 4.75. The first-order chi connectivity index (χ1) is 10.1. The zero-order chi connectivity index (χ0) is 15.2. The normalized spacial score (nSPS) is 21.7. The third-order valence-electron chi connectivity index (χ3n) is 3.86. The second-order valence-corrected chi connectivity index (χ2v) is 7.46. The van der Waals surface area contributed by atoms with Gasteiger partial charge in [0.25, 0.3) is 5.91 Å². The summed E-state index contributed by atoms with van der Waals surface area (Å²) in [6.45, 7) is 3.09. The van der Waals surface area contributed by atoms with E-state index in [1.54, 1.807) is 0 Å². The Morgan fingerprint density at radius 1 is 1.29 bits per heavy atom. The van der Waals surface area contributed by atoms with Gasteiger partial charge in [0, 0.05) is 23.4 Å². The second kappa shape index (κ2) is 7.85. The van der Waals surface area contributed by atoms with Crippen LogP contribution in [0, 0.1) is 0 Å². The summed E-state index contributed by atoms with van der Waals surface area (Å²) in [5.74, 6) is 1.19. The van der Waals surface area contributed by atoms with Crippen molar-refractivity contribution >= 4 is 17.7 Å². The van der Waals surface area contributed by atoms with Gasteiger partial charge in [-0.1, -0.05) is 25.5 Å². The topological polar surface area (TPSA) is 32.3 Å². The van der Waals surface area contributed by atoms with E-state index in [4.69, 9.17) is 0 Å². The summed E-state index contributed by atoms with van der Waals surface area (Å²) in [5.41, 5.74) is 2.00. The number of nitrogens with zero attached hydrogens (tertiary/aromatic N) is 1. The molecule has 1 aliphatic carbocycles. The van der Waals surface area contributed by atoms with Crippen molar-refractivity contribution in [3.8, 4) is 0 Å². The van der Waals surface area contributed by atoms with E-state index in [2.05, 4.69) is 17.1 Å². The van der Waals surface area contributed by atoms with Gasteiger partial charge in [-0.2, -0.15) is 11.8 Å². The Bertz CT molecular complexity index is 458. The lowest BCUT2D eigenvalue weighted by atomic mass is 10.1. The number of amides is 1. The van der Waals surface area contributed by atoms with Crippen molar-refractivity contribution in [1.29, 1.82) is 0 Å². The van der Waals surface area contributed by atoms with Crippen molar-refractivity contribution in [1.82, 2.24) is 10.2 Å². The number of hydrogen-bond acceptors (Lipinski definition) is 3. The number of hydrogen-bond donors (Lipinski definition) is 1. The molecule has 0 bridgehead atoms. The molecule has 2 rings (SSSR count). The highest BCUT2D eigenvalue weighted by molar-refractivity contribution is 7.99. The van der Waals surface area contributed by atoms with Gasteiger partial charge in [-0.25, -0.2) is 0 Å². The van der Waals surface area contributed by atoms with Crippen LogP contribution in [-0.4, -0.2) is 41.9 Å². The standard InChI is InChI=1S/C17H26N2OS/c1-4-21-16-7-5-6-15(16)18-17(20)14-10-8-13(9-11-14)12-19(2)3/h8-11,15-16H,4-7,12H2,1-3H3,(H,18,20)/t15-,16-/m0/s1. The van der Waals surface area contributed by atoms with Gasteiger partial charge in [0.15, 0.2) is 0 Å². The number of benzene rings is 1. The Labute approximate surface area is 132 Å². The minimum absolute atomic E-state index is 0.0695. The smallest absolute Gasteiger partial charge is 0.251 e. The van der Waals surface area contributed by atoms with Gasteiger partial charge in [0.05, 0.1) is 0 Å². The van der Waals surface area contributed by atoms with Crippen molar-refractivity contribution in [3.05, 3.63) is 35.4 Å². The first kappa shape index (κ1) is 16.4. The van der Waals surface area contributed by atoms with Crippen molar-refractivity contribution < 1.29 is 4.79 Å². The molecule has 0 unspecified atom stereocenters. The fraction of sp³-hybridized carbons (Fsp3) is 0.588. The van der Waals surface area contributed by atoms with Crippen LogP contribution in [0.4, 0.5) is 0 Å². The van der Waals surface area contributed by atoms with E-state index in [0.717, 1.165) is 24.3 Å². The van der Waals surface area contributed by atoms with Crippen LogP contribution in [0.1, 0.15) is 42.1 Å². The van der Waals surface area contributed by atoms with Gasteiger partial charge >= 0.3 is 0 Å². The van der Waals surface area contributed by atoms with Crippen LogP contribution in [0.25, 0.3) is 0 Å². The van der Waals surface area contributed by atoms with E-state index in [0.29, 0.717) is 11.3 Å². The Morgan fingerprint density at radius 3 is 2.62 bits per heavy atom. The van der Waals surface area contributed by atoms with Crippen molar-refractivity contribution in [2.24, 2.45) is 0 Å². The highest BCUT2D eigenvalue weighted by Crippen LogP contribution is 2.30. The minimum atomic E-state index is 0.0695. The fourth-order valence-corrected chi connectivity index (χ4v) is 4.08. The van der Waals surface area contributed by atoms with E-state index in [1.165, 1.54) is 18.4 Å². The number of nitrogens with one attached hydrogen (secondary N) is 1. The number of carbonyl (C=O) groups is 1. The molecule has 2 atom stereocenters. The first-order valence-electron chi connectivity index (χ1n) is 7.76. The largest absolute Gasteiger partial charge is 0.348 e. The van der Waals surface area contributed by atoms with Gasteiger partial charge in [0.1, 0.15) is 0 Å². The highest BCUT2D eigenvalue weighted by atomic mass is 32.2. The summed E-state index contributed by atoms with van der Waals surface area (Å²) in [6, 6.07) is 8.30. The van der Waals surface area contributed by atoms with Crippen molar-refractivity contribution in [2.75, 3.05) is 19.8 Å². The van der Waals surface area contributed by atoms with Crippen molar-refractivity contribution in [3.63, 3.8) is 0 Å². The number of rotatable bonds is 6. The predicted molar refractivity (Wildman–Crippen MR) is 90.9 cm³/mol. The molecule has 1 aromatic carbocycles. The van der Waals surface area contributed by atoms with Crippen LogP contribution in [0.5, 0.6) is 0 Å². The number of carbonyl (C=O) groups excluding carboxylic acids is 1. The SMILES string of the molecule is CCS[C@H]1CCC[C@@H]1NC(=O)c1ccc(CN(C)C)cc1. The monoisotopic (exact) mass is 306 g/mol. The van der Waals surface area contributed by atoms with Crippen LogP contribution in [0.15, 0.2) is 24.3 Å². The Balaban J connectivity index is 1.93. The summed E-state index contributed by atoms with van der Waals surface area (Å²) in [7, 11) is 4.10. The van der Waals surface area contributed by atoms with Crippen LogP contribution in [0.3, 0.4) is 0 Å². The predicted octanol–water partition coefficient (Wildman–Crippen LogP) is 3.15. The van der Waals surface area contributed by atoms with Crippen LogP contribution in [0.2, 0.25) is 0 Å². The molecule has 0 heterocycles. The van der Waals surface area contributed by atoms with E-state index in [1.807, 2.05) is 50.1 Å². The summed E-state index contributed by atoms with van der Waals surface area (Å²) >= 11 is 1.97. The molecule has 1 fully saturated rings. The van der Waals surface area contributed by atoms with Crippen LogP contribution in [-0.2, 0) is 6.54 Å². The summed E-state index contributed by atoms with van der Waals surface area (Å²) in [4.78, 5) is 14.5. The molecule has 0 aliphatic heterocycles. The van der Waals surface area contributed by atoms with Crippen molar-refractivity contribution in [2.45, 2.75) is 44.0 Å². The Kier molecular flexibility index (Phi) is 6.12. The molecule has 1 aliphatic rings. The maximum atomic E-state index is 12.4. The van der Waals surface area contributed by atoms with E-state index in [9.17, 15) is 4.79 Å². The molecule has 1 aromatic rings. The van der Waals surface area contributed by atoms with Gasteiger partial charge < -0.3 is 10.2 Å². The molecule has 0 spiro atoms. The van der Waals surface area contributed by atoms with Crippen LogP contribution < -0.4 is 5.32 Å². The molecule has 0 aromatic heterocycles. The molecule has 3 nitrogen and oxygen atoms in total. The molecule has 4 heteroatoms. The average molecular weight is 306 g/mol. The van der Waals surface area contributed by atoms with Crippen LogP contribution >= 0.6 is 11.8 Å². The van der Waals surface area contributed by atoms with Gasteiger partial charge in [-0.05, 0) is 50.4 Å². The maximum absolute atomic E-state index is 12.4. The van der Waals surface area contributed by atoms with Gasteiger partial charge in [-0.3, -0.25) is 4.79 Å². The maximum Gasteiger partial charge on any atom is 0.251 e. The minimum Gasteiger partial charge on any atom is -0.348 e. The lowest BCUT2D eigenvalue weighted by Crippen LogP contribution is -2.38. The molecule has 1 N–H and O–H groups in total. The summed E-state index contributed by atoms with van der Waals surface area (Å²) in [6.07, 6.45) is 3.57. The van der Waals surface area contributed by atoms with Gasteiger partial charge in [0.2, 0.25) is 0 Å². The third-order valence-corrected chi connectivity index (χ3v) is 5.19. The molecule has 116 valence electrons. The quantitative estimate of drug-likeness (QED) is 0.876. The van der Waals surface area contributed by atoms with E-state index < -0.39 is 0 Å². The molecular weight excluding hydrogens is 280 g/mol. The molecule has 21 heavy (non-hydrogen) atoms. The Hall–Kier alpha value is -1.00. The molecule has 0 radical (unpaired) electrons. The highest BCUT2D eigenvalue weighted by Gasteiger charge is 2.28. The molecule has 0 saturated heterocycles. The van der Waals surface area contributed by atoms with Gasteiger partial charge in [-0.15, -0.1) is 0 Å². The Morgan fingerprint density at radius 2 is 2.00 bits per heavy atom. The number of thioether (sulfide) groups is 1. The fourth-order valence-electron chi connectivity index (χ4n) is 2.88. The second-order valence-electron chi connectivity index (χ2n) is 5.94. The zero-order valence-corrected chi connectivity index (χ0v) is 14.1. The van der Waals surface area contributed by atoms with E-state index in [-0.39, 0.29) is 5.91 Å². The average Bonchev–Trinajstić information content (AvgIpc) is 2.86. The molecule has 1 saturated carbocycles. The molecule has 1 amide bonds. The van der Waals surface area contributed by atoms with E-state index >= 15 is 0 Å². The lowest BCUT2D eigenvalue weighted by molar-refractivity contribution is 0.0938. The molecular formula is C17H26N2OS. The first-order valence-corrected chi connectivity index (χ1v) is 8.81. The summed E-state index contributed by atoms with van der Waals surface area (Å²) < 4.78 is 0. The summed E-state index contributed by atoms with van der Waals surface area (Å²) in [5, 5.41) is 3.81. The lowest BCUT2D eigenvalue weighted by Gasteiger charge is -2.20.